The summed E-state index contributed by atoms with van der Waals surface area (Å²) in [4.78, 5) is 4.30. The summed E-state index contributed by atoms with van der Waals surface area (Å²) in [5.41, 5.74) is 1.15. The van der Waals surface area contributed by atoms with Gasteiger partial charge in [-0.3, -0.25) is 4.68 Å². The molecule has 0 saturated heterocycles. The Labute approximate surface area is 113 Å². The molecule has 104 valence electrons. The highest BCUT2D eigenvalue weighted by atomic mass is 15.3. The van der Waals surface area contributed by atoms with Crippen molar-refractivity contribution in [2.75, 3.05) is 6.54 Å². The van der Waals surface area contributed by atoms with Gasteiger partial charge >= 0.3 is 0 Å². The molecule has 2 aromatic rings. The lowest BCUT2D eigenvalue weighted by Gasteiger charge is -2.08. The molecule has 0 saturated carbocycles. The average molecular weight is 262 g/mol. The number of nitrogens with one attached hydrogen (secondary N) is 1. The summed E-state index contributed by atoms with van der Waals surface area (Å²) in [6, 6.07) is 0. The van der Waals surface area contributed by atoms with Crippen LogP contribution in [-0.2, 0) is 19.6 Å². The van der Waals surface area contributed by atoms with Crippen LogP contribution in [0.5, 0.6) is 0 Å². The van der Waals surface area contributed by atoms with Crippen LogP contribution in [0.3, 0.4) is 0 Å². The molecule has 0 aliphatic carbocycles. The van der Waals surface area contributed by atoms with Crippen LogP contribution in [0.2, 0.25) is 0 Å². The topological polar surface area (TPSA) is 60.6 Å². The van der Waals surface area contributed by atoms with Crippen LogP contribution in [0, 0.1) is 5.92 Å². The van der Waals surface area contributed by atoms with E-state index in [1.54, 1.807) is 6.33 Å². The Bertz CT molecular complexity index is 499. The fraction of sp³-hybridized carbons (Fsp3) is 0.615. The van der Waals surface area contributed by atoms with Crippen molar-refractivity contribution < 1.29 is 0 Å². The summed E-state index contributed by atoms with van der Waals surface area (Å²) >= 11 is 0. The second-order valence-corrected chi connectivity index (χ2v) is 5.06. The molecule has 19 heavy (non-hydrogen) atoms. The van der Waals surface area contributed by atoms with Gasteiger partial charge in [-0.05, 0) is 19.4 Å². The molecule has 2 aromatic heterocycles. The lowest BCUT2D eigenvalue weighted by molar-refractivity contribution is 0.523. The Morgan fingerprint density at radius 3 is 2.84 bits per heavy atom. The number of aryl methyl sites for hydroxylation is 1. The van der Waals surface area contributed by atoms with Crippen molar-refractivity contribution in [2.24, 2.45) is 5.92 Å². The SMILES string of the molecule is CCn1cc(Cn2ncnc2CNCC(C)C)cn1. The largest absolute Gasteiger partial charge is 0.310 e. The Morgan fingerprint density at radius 1 is 1.32 bits per heavy atom. The predicted molar refractivity (Wildman–Crippen MR) is 73.6 cm³/mol. The second kappa shape index (κ2) is 6.47. The molecule has 0 spiro atoms. The number of rotatable bonds is 7. The van der Waals surface area contributed by atoms with E-state index < -0.39 is 0 Å². The molecule has 6 nitrogen and oxygen atoms in total. The summed E-state index contributed by atoms with van der Waals surface area (Å²) in [5.74, 6) is 1.60. The van der Waals surface area contributed by atoms with Crippen molar-refractivity contribution in [3.63, 3.8) is 0 Å². The van der Waals surface area contributed by atoms with Crippen LogP contribution in [0.1, 0.15) is 32.2 Å². The zero-order valence-corrected chi connectivity index (χ0v) is 11.9. The fourth-order valence-corrected chi connectivity index (χ4v) is 1.86. The minimum absolute atomic E-state index is 0.638. The third-order valence-corrected chi connectivity index (χ3v) is 2.87. The lowest BCUT2D eigenvalue weighted by Crippen LogP contribution is -2.22. The highest BCUT2D eigenvalue weighted by Crippen LogP contribution is 2.03. The van der Waals surface area contributed by atoms with E-state index in [4.69, 9.17) is 0 Å². The van der Waals surface area contributed by atoms with Crippen LogP contribution < -0.4 is 5.32 Å². The van der Waals surface area contributed by atoms with E-state index in [2.05, 4.69) is 41.3 Å². The Hall–Kier alpha value is -1.69. The van der Waals surface area contributed by atoms with Crippen LogP contribution >= 0.6 is 0 Å². The Morgan fingerprint density at radius 2 is 2.16 bits per heavy atom. The molecule has 1 N–H and O–H groups in total. The van der Waals surface area contributed by atoms with Gasteiger partial charge < -0.3 is 5.32 Å². The van der Waals surface area contributed by atoms with E-state index in [9.17, 15) is 0 Å². The third kappa shape index (κ3) is 3.89. The zero-order valence-electron chi connectivity index (χ0n) is 11.9. The number of hydrogen-bond acceptors (Lipinski definition) is 4. The van der Waals surface area contributed by atoms with E-state index >= 15 is 0 Å². The van der Waals surface area contributed by atoms with Crippen molar-refractivity contribution in [3.8, 4) is 0 Å². The fourth-order valence-electron chi connectivity index (χ4n) is 1.86. The predicted octanol–water partition coefficient (Wildman–Crippen LogP) is 1.29. The van der Waals surface area contributed by atoms with Crippen LogP contribution in [0.25, 0.3) is 0 Å². The molecule has 2 heterocycles. The number of aromatic nitrogens is 5. The van der Waals surface area contributed by atoms with Gasteiger partial charge in [-0.15, -0.1) is 0 Å². The normalized spacial score (nSPS) is 11.4. The maximum Gasteiger partial charge on any atom is 0.141 e. The monoisotopic (exact) mass is 262 g/mol. The minimum Gasteiger partial charge on any atom is -0.310 e. The van der Waals surface area contributed by atoms with E-state index in [0.29, 0.717) is 5.92 Å². The standard InChI is InChI=1S/C13H22N6/c1-4-18-8-12(6-16-18)9-19-13(15-10-17-19)7-14-5-11(2)3/h6,8,10-11,14H,4-5,7,9H2,1-3H3. The van der Waals surface area contributed by atoms with Gasteiger partial charge in [-0.2, -0.15) is 10.2 Å². The van der Waals surface area contributed by atoms with Crippen molar-refractivity contribution in [1.82, 2.24) is 29.9 Å². The average Bonchev–Trinajstić information content (AvgIpc) is 2.99. The molecular formula is C13H22N6. The Kier molecular flexibility index (Phi) is 4.68. The summed E-state index contributed by atoms with van der Waals surface area (Å²) < 4.78 is 3.84. The first-order chi connectivity index (χ1) is 9.19. The van der Waals surface area contributed by atoms with Gasteiger partial charge in [0.2, 0.25) is 0 Å². The van der Waals surface area contributed by atoms with Gasteiger partial charge in [0.25, 0.3) is 0 Å². The molecule has 2 rings (SSSR count). The van der Waals surface area contributed by atoms with E-state index in [-0.39, 0.29) is 0 Å². The van der Waals surface area contributed by atoms with Crippen LogP contribution in [0.15, 0.2) is 18.7 Å². The summed E-state index contributed by atoms with van der Waals surface area (Å²) in [7, 11) is 0. The molecule has 0 fully saturated rings. The molecule has 0 aromatic carbocycles. The molecule has 0 unspecified atom stereocenters. The highest BCUT2D eigenvalue weighted by Gasteiger charge is 2.06. The molecule has 0 atom stereocenters. The van der Waals surface area contributed by atoms with Crippen molar-refractivity contribution in [1.29, 1.82) is 0 Å². The number of nitrogens with zero attached hydrogens (tertiary/aromatic N) is 5. The van der Waals surface area contributed by atoms with Gasteiger partial charge in [0.05, 0.1) is 19.3 Å². The Balaban J connectivity index is 1.95. The van der Waals surface area contributed by atoms with Crippen molar-refractivity contribution in [2.45, 2.75) is 40.4 Å². The second-order valence-electron chi connectivity index (χ2n) is 5.06. The molecule has 0 radical (unpaired) electrons. The van der Waals surface area contributed by atoms with Crippen molar-refractivity contribution >= 4 is 0 Å². The summed E-state index contributed by atoms with van der Waals surface area (Å²) in [6.45, 7) is 9.81. The molecule has 0 aliphatic heterocycles. The van der Waals surface area contributed by atoms with Gasteiger partial charge in [-0.1, -0.05) is 13.8 Å². The van der Waals surface area contributed by atoms with E-state index in [1.807, 2.05) is 21.8 Å². The van der Waals surface area contributed by atoms with Crippen LogP contribution in [0.4, 0.5) is 0 Å². The highest BCUT2D eigenvalue weighted by molar-refractivity contribution is 5.05. The number of hydrogen-bond donors (Lipinski definition) is 1. The van der Waals surface area contributed by atoms with Gasteiger partial charge in [0, 0.05) is 18.3 Å². The first-order valence-electron chi connectivity index (χ1n) is 6.77. The zero-order chi connectivity index (χ0) is 13.7. The maximum atomic E-state index is 4.30. The molecule has 0 aliphatic rings. The quantitative estimate of drug-likeness (QED) is 0.817. The van der Waals surface area contributed by atoms with Gasteiger partial charge in [0.15, 0.2) is 0 Å². The smallest absolute Gasteiger partial charge is 0.141 e. The lowest BCUT2D eigenvalue weighted by atomic mass is 10.2. The molecular weight excluding hydrogens is 240 g/mol. The van der Waals surface area contributed by atoms with E-state index in [1.165, 1.54) is 0 Å². The molecule has 0 amide bonds. The summed E-state index contributed by atoms with van der Waals surface area (Å²) in [6.07, 6.45) is 5.54. The van der Waals surface area contributed by atoms with Crippen molar-refractivity contribution in [3.05, 3.63) is 30.1 Å². The van der Waals surface area contributed by atoms with E-state index in [0.717, 1.165) is 37.6 Å². The first-order valence-corrected chi connectivity index (χ1v) is 6.77. The van der Waals surface area contributed by atoms with Gasteiger partial charge in [-0.25, -0.2) is 9.67 Å². The minimum atomic E-state index is 0.638. The summed E-state index contributed by atoms with van der Waals surface area (Å²) in [5, 5.41) is 11.9. The van der Waals surface area contributed by atoms with Crippen LogP contribution in [-0.4, -0.2) is 31.1 Å². The molecule has 0 bridgehead atoms. The first kappa shape index (κ1) is 13.7. The third-order valence-electron chi connectivity index (χ3n) is 2.87. The maximum absolute atomic E-state index is 4.30. The van der Waals surface area contributed by atoms with Gasteiger partial charge in [0.1, 0.15) is 12.2 Å². The molecule has 6 heteroatoms.